The topological polar surface area (TPSA) is 105 Å². The van der Waals surface area contributed by atoms with Crippen LogP contribution in [0.2, 0.25) is 0 Å². The molecule has 1 N–H and O–H groups in total. The van der Waals surface area contributed by atoms with Crippen molar-refractivity contribution in [2.75, 3.05) is 0 Å². The smallest absolute Gasteiger partial charge is 0.269 e. The highest BCUT2D eigenvalue weighted by molar-refractivity contribution is 14.1. The minimum absolute atomic E-state index is 0.00259. The second kappa shape index (κ2) is 11.8. The number of carbonyl (C=O) groups is 1. The molecule has 166 valence electrons. The molecule has 0 aromatic heterocycles. The number of nitro benzene ring substituents is 1. The third-order valence-electron chi connectivity index (χ3n) is 4.50. The summed E-state index contributed by atoms with van der Waals surface area (Å²) in [5.74, 6) is 0.185. The third-order valence-corrected chi connectivity index (χ3v) is 6.10. The molecule has 0 aliphatic rings. The van der Waals surface area contributed by atoms with Gasteiger partial charge in [0.15, 0.2) is 0 Å². The first kappa shape index (κ1) is 24.7. The van der Waals surface area contributed by atoms with Crippen molar-refractivity contribution in [3.05, 3.63) is 106 Å². The highest BCUT2D eigenvalue weighted by atomic mass is 127. The lowest BCUT2D eigenvalue weighted by molar-refractivity contribution is -0.384. The lowest BCUT2D eigenvalue weighted by Crippen LogP contribution is -2.23. The molecule has 0 atom stereocenters. The molecule has 0 saturated carbocycles. The summed E-state index contributed by atoms with van der Waals surface area (Å²) in [5.41, 5.74) is 2.33. The molecule has 0 unspecified atom stereocenters. The molecule has 0 spiro atoms. The average molecular weight is 665 g/mol. The molecule has 0 fully saturated rings. The van der Waals surface area contributed by atoms with E-state index in [4.69, 9.17) is 4.74 Å². The van der Waals surface area contributed by atoms with Crippen LogP contribution in [0.1, 0.15) is 16.7 Å². The van der Waals surface area contributed by atoms with E-state index in [1.54, 1.807) is 12.1 Å². The Morgan fingerprint density at radius 3 is 2.36 bits per heavy atom. The van der Waals surface area contributed by atoms with Crippen molar-refractivity contribution in [3.8, 4) is 11.8 Å². The van der Waals surface area contributed by atoms with Crippen LogP contribution in [0.25, 0.3) is 6.08 Å². The van der Waals surface area contributed by atoms with Crippen LogP contribution in [-0.4, -0.2) is 10.8 Å². The van der Waals surface area contributed by atoms with Gasteiger partial charge in [0, 0.05) is 18.7 Å². The fourth-order valence-corrected chi connectivity index (χ4v) is 5.03. The number of carbonyl (C=O) groups excluding carboxylic acids is 1. The minimum atomic E-state index is -0.447. The molecule has 33 heavy (non-hydrogen) atoms. The zero-order valence-electron chi connectivity index (χ0n) is 17.1. The maximum absolute atomic E-state index is 12.4. The highest BCUT2D eigenvalue weighted by Crippen LogP contribution is 2.31. The van der Waals surface area contributed by atoms with Crippen molar-refractivity contribution < 1.29 is 14.5 Å². The van der Waals surface area contributed by atoms with E-state index < -0.39 is 10.8 Å². The van der Waals surface area contributed by atoms with Gasteiger partial charge in [-0.05, 0) is 80.1 Å². The van der Waals surface area contributed by atoms with Gasteiger partial charge in [0.2, 0.25) is 0 Å². The molecule has 0 aliphatic carbocycles. The Kier molecular flexibility index (Phi) is 8.79. The second-order valence-corrected chi connectivity index (χ2v) is 9.19. The SMILES string of the molecule is N#C/C(=C/c1cc(I)c(OCc2cccc([N+](=O)[O-])c2)c(I)c1)C(=O)NCc1ccccc1. The van der Waals surface area contributed by atoms with Gasteiger partial charge in [-0.3, -0.25) is 14.9 Å². The lowest BCUT2D eigenvalue weighted by atomic mass is 10.1. The van der Waals surface area contributed by atoms with E-state index in [2.05, 4.69) is 50.5 Å². The lowest BCUT2D eigenvalue weighted by Gasteiger charge is -2.12. The normalized spacial score (nSPS) is 10.9. The van der Waals surface area contributed by atoms with Crippen LogP contribution in [0.5, 0.6) is 5.75 Å². The van der Waals surface area contributed by atoms with Crippen LogP contribution in [0.4, 0.5) is 5.69 Å². The molecule has 0 radical (unpaired) electrons. The monoisotopic (exact) mass is 665 g/mol. The summed E-state index contributed by atoms with van der Waals surface area (Å²) in [6.07, 6.45) is 1.54. The standard InChI is InChI=1S/C24H17I2N3O4/c25-21-11-18(9-19(13-27)24(30)28-14-16-5-2-1-3-6-16)12-22(26)23(21)33-15-17-7-4-8-20(10-17)29(31)32/h1-12H,14-15H2,(H,28,30)/b19-9-. The maximum atomic E-state index is 12.4. The Morgan fingerprint density at radius 2 is 1.73 bits per heavy atom. The van der Waals surface area contributed by atoms with Crippen molar-refractivity contribution in [1.29, 1.82) is 5.26 Å². The number of hydrogen-bond acceptors (Lipinski definition) is 5. The number of rotatable bonds is 8. The van der Waals surface area contributed by atoms with E-state index in [-0.39, 0.29) is 17.9 Å². The fraction of sp³-hybridized carbons (Fsp3) is 0.0833. The number of nitro groups is 1. The molecular formula is C24H17I2N3O4. The predicted octanol–water partition coefficient (Wildman–Crippen LogP) is 5.61. The summed E-state index contributed by atoms with van der Waals surface area (Å²) in [4.78, 5) is 23.0. The van der Waals surface area contributed by atoms with Crippen molar-refractivity contribution in [2.45, 2.75) is 13.2 Å². The van der Waals surface area contributed by atoms with Gasteiger partial charge in [0.25, 0.3) is 11.6 Å². The van der Waals surface area contributed by atoms with Gasteiger partial charge in [-0.1, -0.05) is 42.5 Å². The van der Waals surface area contributed by atoms with Crippen LogP contribution < -0.4 is 10.1 Å². The van der Waals surface area contributed by atoms with Gasteiger partial charge in [-0.25, -0.2) is 0 Å². The zero-order valence-corrected chi connectivity index (χ0v) is 21.4. The number of amides is 1. The third kappa shape index (κ3) is 7.00. The summed E-state index contributed by atoms with van der Waals surface area (Å²) in [6.45, 7) is 0.506. The van der Waals surface area contributed by atoms with Crippen LogP contribution >= 0.6 is 45.2 Å². The van der Waals surface area contributed by atoms with Crippen molar-refractivity contribution in [3.63, 3.8) is 0 Å². The molecule has 0 saturated heterocycles. The molecule has 9 heteroatoms. The first-order valence-corrected chi connectivity index (χ1v) is 11.8. The average Bonchev–Trinajstić information content (AvgIpc) is 2.81. The summed E-state index contributed by atoms with van der Waals surface area (Å²) in [6, 6.07) is 21.3. The summed E-state index contributed by atoms with van der Waals surface area (Å²) >= 11 is 4.24. The maximum Gasteiger partial charge on any atom is 0.269 e. The number of nitrogens with one attached hydrogen (secondary N) is 1. The first-order chi connectivity index (χ1) is 15.9. The molecule has 0 bridgehead atoms. The number of nitrogens with zero attached hydrogens (tertiary/aromatic N) is 2. The second-order valence-electron chi connectivity index (χ2n) is 6.87. The molecule has 0 aliphatic heterocycles. The van der Waals surface area contributed by atoms with E-state index >= 15 is 0 Å². The Balaban J connectivity index is 1.72. The van der Waals surface area contributed by atoms with Gasteiger partial charge >= 0.3 is 0 Å². The van der Waals surface area contributed by atoms with Gasteiger partial charge in [0.1, 0.15) is 24.0 Å². The van der Waals surface area contributed by atoms with Crippen molar-refractivity contribution in [1.82, 2.24) is 5.32 Å². The number of non-ortho nitro benzene ring substituents is 1. The number of hydrogen-bond donors (Lipinski definition) is 1. The quantitative estimate of drug-likeness (QED) is 0.111. The summed E-state index contributed by atoms with van der Waals surface area (Å²) in [7, 11) is 0. The molecule has 7 nitrogen and oxygen atoms in total. The van der Waals surface area contributed by atoms with Crippen LogP contribution in [0, 0.1) is 28.6 Å². The Bertz CT molecular complexity index is 1230. The number of ether oxygens (including phenoxy) is 1. The van der Waals surface area contributed by atoms with E-state index in [0.717, 1.165) is 12.7 Å². The van der Waals surface area contributed by atoms with Crippen LogP contribution in [-0.2, 0) is 17.9 Å². The van der Waals surface area contributed by atoms with Gasteiger partial charge in [-0.15, -0.1) is 0 Å². The molecule has 3 aromatic carbocycles. The zero-order chi connectivity index (χ0) is 23.8. The molecule has 1 amide bonds. The van der Waals surface area contributed by atoms with E-state index in [9.17, 15) is 20.2 Å². The molecule has 3 rings (SSSR count). The predicted molar refractivity (Wildman–Crippen MR) is 141 cm³/mol. The van der Waals surface area contributed by atoms with Gasteiger partial charge < -0.3 is 10.1 Å². The number of benzene rings is 3. The van der Waals surface area contributed by atoms with E-state index in [1.165, 1.54) is 18.2 Å². The van der Waals surface area contributed by atoms with Gasteiger partial charge in [0.05, 0.1) is 12.1 Å². The molecule has 0 heterocycles. The largest absolute Gasteiger partial charge is 0.487 e. The number of halogens is 2. The Morgan fingerprint density at radius 1 is 1.06 bits per heavy atom. The first-order valence-electron chi connectivity index (χ1n) is 9.66. The Labute approximate surface area is 217 Å². The minimum Gasteiger partial charge on any atom is -0.487 e. The van der Waals surface area contributed by atoms with Crippen LogP contribution in [0.3, 0.4) is 0 Å². The summed E-state index contributed by atoms with van der Waals surface area (Å²) < 4.78 is 7.49. The summed E-state index contributed by atoms with van der Waals surface area (Å²) in [5, 5.41) is 23.2. The number of nitriles is 1. The fourth-order valence-electron chi connectivity index (χ4n) is 2.90. The molecular weight excluding hydrogens is 648 g/mol. The van der Waals surface area contributed by atoms with Crippen molar-refractivity contribution in [2.24, 2.45) is 0 Å². The van der Waals surface area contributed by atoms with Crippen LogP contribution in [0.15, 0.2) is 72.3 Å². The van der Waals surface area contributed by atoms with Crippen molar-refractivity contribution >= 4 is 62.9 Å². The van der Waals surface area contributed by atoms with E-state index in [0.29, 0.717) is 23.4 Å². The molecule has 3 aromatic rings. The highest BCUT2D eigenvalue weighted by Gasteiger charge is 2.13. The Hall–Kier alpha value is -2.98. The van der Waals surface area contributed by atoms with E-state index in [1.807, 2.05) is 48.5 Å². The van der Waals surface area contributed by atoms with Gasteiger partial charge in [-0.2, -0.15) is 5.26 Å².